The summed E-state index contributed by atoms with van der Waals surface area (Å²) >= 11 is 1.31. The minimum atomic E-state index is -0.243. The highest BCUT2D eigenvalue weighted by Gasteiger charge is 2.33. The molecule has 1 N–H and O–H groups in total. The molecule has 8 nitrogen and oxygen atoms in total. The van der Waals surface area contributed by atoms with Gasteiger partial charge in [0, 0.05) is 12.8 Å². The number of amidine groups is 1. The summed E-state index contributed by atoms with van der Waals surface area (Å²) in [7, 11) is 3.21. The van der Waals surface area contributed by atoms with Crippen molar-refractivity contribution in [1.82, 2.24) is 4.90 Å². The maximum atomic E-state index is 13.1. The molecule has 4 rings (SSSR count). The zero-order chi connectivity index (χ0) is 26.9. The van der Waals surface area contributed by atoms with Crippen molar-refractivity contribution >= 4 is 46.2 Å². The van der Waals surface area contributed by atoms with E-state index in [0.717, 1.165) is 28.3 Å². The molecule has 0 aliphatic carbocycles. The average molecular weight is 532 g/mol. The molecule has 3 aromatic rings. The van der Waals surface area contributed by atoms with Crippen molar-refractivity contribution in [2.45, 2.75) is 6.92 Å². The number of anilines is 1. The molecule has 3 aromatic carbocycles. The Bertz CT molecular complexity index is 1320. The lowest BCUT2D eigenvalue weighted by Crippen LogP contribution is -2.32. The van der Waals surface area contributed by atoms with Gasteiger partial charge in [0.05, 0.1) is 30.9 Å². The van der Waals surface area contributed by atoms with Crippen molar-refractivity contribution in [3.63, 3.8) is 0 Å². The standard InChI is InChI=1S/C29H29N3O5S/c1-20-4-8-22(9-5-20)30-27(33)19-37-25-12-6-21(7-13-25)18-26-28(34)32(16-17-35-2)29(38-26)31-23-10-14-24(36-3)15-11-23/h4-15,18H,16-17,19H2,1-3H3,(H,30,33)/b26-18-,31-29?. The molecule has 1 heterocycles. The highest BCUT2D eigenvalue weighted by molar-refractivity contribution is 8.18. The number of ether oxygens (including phenoxy) is 3. The molecule has 0 unspecified atom stereocenters. The molecule has 0 spiro atoms. The summed E-state index contributed by atoms with van der Waals surface area (Å²) in [5.41, 5.74) is 3.39. The number of nitrogens with one attached hydrogen (secondary N) is 1. The molecule has 196 valence electrons. The van der Waals surface area contributed by atoms with Crippen LogP contribution >= 0.6 is 11.8 Å². The number of hydrogen-bond acceptors (Lipinski definition) is 7. The van der Waals surface area contributed by atoms with Crippen molar-refractivity contribution in [3.8, 4) is 11.5 Å². The van der Waals surface area contributed by atoms with Crippen molar-refractivity contribution in [1.29, 1.82) is 0 Å². The summed E-state index contributed by atoms with van der Waals surface area (Å²) in [4.78, 5) is 32.2. The molecule has 1 fully saturated rings. The Balaban J connectivity index is 1.41. The number of amides is 2. The van der Waals surface area contributed by atoms with Crippen LogP contribution in [0.25, 0.3) is 6.08 Å². The van der Waals surface area contributed by atoms with E-state index in [2.05, 4.69) is 10.3 Å². The fraction of sp³-hybridized carbons (Fsp3) is 0.207. The Hall–Kier alpha value is -4.08. The van der Waals surface area contributed by atoms with Gasteiger partial charge in [-0.05, 0) is 78.9 Å². The van der Waals surface area contributed by atoms with Crippen LogP contribution in [-0.2, 0) is 14.3 Å². The van der Waals surface area contributed by atoms with E-state index in [9.17, 15) is 9.59 Å². The average Bonchev–Trinajstić information content (AvgIpc) is 3.22. The maximum Gasteiger partial charge on any atom is 0.266 e. The maximum absolute atomic E-state index is 13.1. The quantitative estimate of drug-likeness (QED) is 0.359. The number of aryl methyl sites for hydroxylation is 1. The first-order valence-electron chi connectivity index (χ1n) is 12.0. The number of thioether (sulfide) groups is 1. The van der Waals surface area contributed by atoms with Gasteiger partial charge in [-0.2, -0.15) is 0 Å². The summed E-state index contributed by atoms with van der Waals surface area (Å²) in [6.07, 6.45) is 1.82. The van der Waals surface area contributed by atoms with Gasteiger partial charge in [0.15, 0.2) is 11.8 Å². The second-order valence-corrected chi connectivity index (χ2v) is 9.43. The van der Waals surface area contributed by atoms with E-state index in [4.69, 9.17) is 14.2 Å². The predicted octanol–water partition coefficient (Wildman–Crippen LogP) is 5.27. The van der Waals surface area contributed by atoms with E-state index in [1.54, 1.807) is 31.3 Å². The third-order valence-electron chi connectivity index (χ3n) is 5.59. The lowest BCUT2D eigenvalue weighted by atomic mass is 10.2. The highest BCUT2D eigenvalue weighted by atomic mass is 32.2. The van der Waals surface area contributed by atoms with Gasteiger partial charge in [-0.25, -0.2) is 4.99 Å². The van der Waals surface area contributed by atoms with E-state index in [1.807, 2.05) is 73.7 Å². The van der Waals surface area contributed by atoms with Crippen LogP contribution in [-0.4, -0.2) is 55.9 Å². The summed E-state index contributed by atoms with van der Waals surface area (Å²) in [5, 5.41) is 3.39. The van der Waals surface area contributed by atoms with Crippen molar-refractivity contribution < 1.29 is 23.8 Å². The van der Waals surface area contributed by atoms with E-state index < -0.39 is 0 Å². The van der Waals surface area contributed by atoms with Gasteiger partial charge in [0.2, 0.25) is 0 Å². The minimum absolute atomic E-state index is 0.109. The lowest BCUT2D eigenvalue weighted by molar-refractivity contribution is -0.122. The monoisotopic (exact) mass is 531 g/mol. The van der Waals surface area contributed by atoms with Crippen molar-refractivity contribution in [3.05, 3.63) is 88.8 Å². The van der Waals surface area contributed by atoms with Gasteiger partial charge < -0.3 is 19.5 Å². The molecule has 0 atom stereocenters. The molecule has 1 aliphatic heterocycles. The van der Waals surface area contributed by atoms with Crippen molar-refractivity contribution in [2.24, 2.45) is 4.99 Å². The summed E-state index contributed by atoms with van der Waals surface area (Å²) < 4.78 is 16.0. The minimum Gasteiger partial charge on any atom is -0.497 e. The second-order valence-electron chi connectivity index (χ2n) is 8.42. The van der Waals surface area contributed by atoms with Crippen molar-refractivity contribution in [2.75, 3.05) is 39.3 Å². The van der Waals surface area contributed by atoms with Crippen LogP contribution in [0.15, 0.2) is 82.7 Å². The molecule has 1 aliphatic rings. The smallest absolute Gasteiger partial charge is 0.266 e. The van der Waals surface area contributed by atoms with Crippen LogP contribution in [0.2, 0.25) is 0 Å². The fourth-order valence-electron chi connectivity index (χ4n) is 3.53. The van der Waals surface area contributed by atoms with Crippen LogP contribution < -0.4 is 14.8 Å². The number of carbonyl (C=O) groups is 2. The molecule has 0 bridgehead atoms. The van der Waals surface area contributed by atoms with Crippen LogP contribution in [0, 0.1) is 6.92 Å². The molecule has 38 heavy (non-hydrogen) atoms. The number of aliphatic imine (C=N–C) groups is 1. The highest BCUT2D eigenvalue weighted by Crippen LogP contribution is 2.34. The number of hydrogen-bond donors (Lipinski definition) is 1. The Morgan fingerprint density at radius 1 is 0.974 bits per heavy atom. The topological polar surface area (TPSA) is 89.5 Å². The largest absolute Gasteiger partial charge is 0.497 e. The van der Waals surface area contributed by atoms with Gasteiger partial charge >= 0.3 is 0 Å². The van der Waals surface area contributed by atoms with Crippen LogP contribution in [0.3, 0.4) is 0 Å². The van der Waals surface area contributed by atoms with Gasteiger partial charge in [0.25, 0.3) is 11.8 Å². The predicted molar refractivity (Wildman–Crippen MR) is 151 cm³/mol. The zero-order valence-corrected chi connectivity index (χ0v) is 22.3. The normalized spacial score (nSPS) is 15.2. The summed E-state index contributed by atoms with van der Waals surface area (Å²) in [6.45, 7) is 2.67. The Morgan fingerprint density at radius 3 is 2.32 bits per heavy atom. The number of benzene rings is 3. The molecule has 0 saturated carbocycles. The SMILES string of the molecule is COCCN1C(=O)/C(=C/c2ccc(OCC(=O)Nc3ccc(C)cc3)cc2)SC1=Nc1ccc(OC)cc1. The summed E-state index contributed by atoms with van der Waals surface area (Å²) in [6, 6.07) is 22.1. The first kappa shape index (κ1) is 27.0. The zero-order valence-electron chi connectivity index (χ0n) is 21.5. The first-order chi connectivity index (χ1) is 18.4. The lowest BCUT2D eigenvalue weighted by Gasteiger charge is -2.14. The molecule has 9 heteroatoms. The van der Waals surface area contributed by atoms with Crippen LogP contribution in [0.1, 0.15) is 11.1 Å². The van der Waals surface area contributed by atoms with Gasteiger partial charge in [-0.15, -0.1) is 0 Å². The Morgan fingerprint density at radius 2 is 1.66 bits per heavy atom. The van der Waals surface area contributed by atoms with Gasteiger partial charge in [-0.1, -0.05) is 29.8 Å². The van der Waals surface area contributed by atoms with E-state index in [-0.39, 0.29) is 18.4 Å². The second kappa shape index (κ2) is 12.9. The van der Waals surface area contributed by atoms with E-state index in [1.165, 1.54) is 11.8 Å². The van der Waals surface area contributed by atoms with Gasteiger partial charge in [-0.3, -0.25) is 14.5 Å². The number of rotatable bonds is 10. The first-order valence-corrected chi connectivity index (χ1v) is 12.8. The third kappa shape index (κ3) is 7.24. The van der Waals surface area contributed by atoms with E-state index >= 15 is 0 Å². The summed E-state index contributed by atoms with van der Waals surface area (Å²) in [5.74, 6) is 0.917. The molecule has 1 saturated heterocycles. The fourth-order valence-corrected chi connectivity index (χ4v) is 4.56. The number of carbonyl (C=O) groups excluding carboxylic acids is 2. The molecular formula is C29H29N3O5S. The molecule has 0 aromatic heterocycles. The Labute approximate surface area is 226 Å². The van der Waals surface area contributed by atoms with Gasteiger partial charge in [0.1, 0.15) is 11.5 Å². The molecular weight excluding hydrogens is 502 g/mol. The van der Waals surface area contributed by atoms with E-state index in [0.29, 0.717) is 29.0 Å². The van der Waals surface area contributed by atoms with Crippen LogP contribution in [0.4, 0.5) is 11.4 Å². The third-order valence-corrected chi connectivity index (χ3v) is 6.59. The van der Waals surface area contributed by atoms with Crippen LogP contribution in [0.5, 0.6) is 11.5 Å². The number of methoxy groups -OCH3 is 2. The number of nitrogens with zero attached hydrogens (tertiary/aromatic N) is 2. The Kier molecular flexibility index (Phi) is 9.18. The molecule has 0 radical (unpaired) electrons. The molecule has 2 amide bonds.